The molecule has 5 heteroatoms. The summed E-state index contributed by atoms with van der Waals surface area (Å²) in [5.41, 5.74) is 0. The molecule has 1 aliphatic carbocycles. The molecule has 0 unspecified atom stereocenters. The quantitative estimate of drug-likeness (QED) is 0.836. The third-order valence-corrected chi connectivity index (χ3v) is 6.83. The Labute approximate surface area is 148 Å². The first-order valence-electron chi connectivity index (χ1n) is 9.51. The maximum atomic E-state index is 12.4. The molecule has 132 valence electrons. The van der Waals surface area contributed by atoms with E-state index >= 15 is 0 Å². The molecule has 1 aromatic heterocycles. The Hall–Kier alpha value is -0.910. The molecular weight excluding hydrogens is 320 g/mol. The predicted octanol–water partition coefficient (Wildman–Crippen LogP) is 3.43. The maximum absolute atomic E-state index is 12.4. The summed E-state index contributed by atoms with van der Waals surface area (Å²) in [6.07, 6.45) is 7.25. The van der Waals surface area contributed by atoms with Gasteiger partial charge in [0.2, 0.25) is 5.91 Å². The number of thiophene rings is 1. The van der Waals surface area contributed by atoms with Gasteiger partial charge in [-0.3, -0.25) is 9.69 Å². The molecule has 0 spiro atoms. The molecule has 4 rings (SSSR count). The maximum Gasteiger partial charge on any atom is 0.225 e. The van der Waals surface area contributed by atoms with E-state index in [4.69, 9.17) is 4.74 Å². The molecule has 1 atom stereocenters. The van der Waals surface area contributed by atoms with Gasteiger partial charge in [0.1, 0.15) is 0 Å². The van der Waals surface area contributed by atoms with Crippen LogP contribution >= 0.6 is 11.3 Å². The molecule has 3 heterocycles. The van der Waals surface area contributed by atoms with Gasteiger partial charge in [0.15, 0.2) is 0 Å². The predicted molar refractivity (Wildman–Crippen MR) is 96.1 cm³/mol. The summed E-state index contributed by atoms with van der Waals surface area (Å²) >= 11 is 1.91. The van der Waals surface area contributed by atoms with Gasteiger partial charge in [0, 0.05) is 55.0 Å². The zero-order valence-electron chi connectivity index (χ0n) is 14.4. The van der Waals surface area contributed by atoms with Crippen LogP contribution < -0.4 is 0 Å². The van der Waals surface area contributed by atoms with E-state index in [0.717, 1.165) is 58.6 Å². The lowest BCUT2D eigenvalue weighted by Crippen LogP contribution is -2.41. The lowest BCUT2D eigenvalue weighted by Gasteiger charge is -2.31. The van der Waals surface area contributed by atoms with Crippen LogP contribution in [0.25, 0.3) is 0 Å². The minimum Gasteiger partial charge on any atom is -0.373 e. The summed E-state index contributed by atoms with van der Waals surface area (Å²) in [5.74, 6) is 0.753. The number of rotatable bonds is 4. The Morgan fingerprint density at radius 3 is 2.75 bits per heavy atom. The summed E-state index contributed by atoms with van der Waals surface area (Å²) < 4.78 is 5.79. The fourth-order valence-corrected chi connectivity index (χ4v) is 5.08. The molecule has 24 heavy (non-hydrogen) atoms. The van der Waals surface area contributed by atoms with Crippen LogP contribution in [0.3, 0.4) is 0 Å². The molecule has 0 bridgehead atoms. The molecule has 4 nitrogen and oxygen atoms in total. The Bertz CT molecular complexity index is 563. The number of carbonyl (C=O) groups excluding carboxylic acids is 1. The number of hydrogen-bond donors (Lipinski definition) is 0. The Morgan fingerprint density at radius 2 is 2.00 bits per heavy atom. The number of amides is 1. The molecule has 0 aromatic carbocycles. The highest BCUT2D eigenvalue weighted by Gasteiger charge is 2.30. The first kappa shape index (κ1) is 16.6. The second-order valence-corrected chi connectivity index (χ2v) is 8.59. The lowest BCUT2D eigenvalue weighted by molar-refractivity contribution is -0.138. The summed E-state index contributed by atoms with van der Waals surface area (Å²) in [5, 5.41) is 0. The molecule has 3 aliphatic rings. The van der Waals surface area contributed by atoms with Gasteiger partial charge in [0.05, 0.1) is 6.10 Å². The van der Waals surface area contributed by atoms with Gasteiger partial charge in [-0.15, -0.1) is 11.3 Å². The van der Waals surface area contributed by atoms with E-state index in [2.05, 4.69) is 21.9 Å². The highest BCUT2D eigenvalue weighted by molar-refractivity contribution is 7.12. The van der Waals surface area contributed by atoms with E-state index in [0.29, 0.717) is 17.9 Å². The highest BCUT2D eigenvalue weighted by atomic mass is 32.1. The zero-order chi connectivity index (χ0) is 16.4. The van der Waals surface area contributed by atoms with Crippen molar-refractivity contribution >= 4 is 17.2 Å². The van der Waals surface area contributed by atoms with Crippen LogP contribution in [-0.2, 0) is 16.1 Å². The van der Waals surface area contributed by atoms with Crippen molar-refractivity contribution in [3.8, 4) is 0 Å². The van der Waals surface area contributed by atoms with Crippen LogP contribution in [-0.4, -0.2) is 48.5 Å². The molecule has 0 N–H and O–H groups in total. The van der Waals surface area contributed by atoms with Gasteiger partial charge in [-0.25, -0.2) is 0 Å². The Kier molecular flexibility index (Phi) is 5.20. The van der Waals surface area contributed by atoms with Gasteiger partial charge in [-0.1, -0.05) is 6.42 Å². The number of ether oxygens (including phenoxy) is 1. The number of nitrogens with zero attached hydrogens (tertiary/aromatic N) is 2. The fraction of sp³-hybridized carbons (Fsp3) is 0.737. The average molecular weight is 349 g/mol. The molecule has 1 aromatic rings. The van der Waals surface area contributed by atoms with Crippen molar-refractivity contribution in [2.75, 3.05) is 32.8 Å². The summed E-state index contributed by atoms with van der Waals surface area (Å²) in [6.45, 7) is 5.88. The normalized spacial score (nSPS) is 26.3. The first-order chi connectivity index (χ1) is 11.8. The van der Waals surface area contributed by atoms with E-state index in [9.17, 15) is 4.79 Å². The topological polar surface area (TPSA) is 32.8 Å². The van der Waals surface area contributed by atoms with Crippen LogP contribution in [0, 0.1) is 5.92 Å². The van der Waals surface area contributed by atoms with Gasteiger partial charge >= 0.3 is 0 Å². The van der Waals surface area contributed by atoms with Crippen LogP contribution in [0.5, 0.6) is 0 Å². The van der Waals surface area contributed by atoms with Crippen LogP contribution in [0.15, 0.2) is 12.1 Å². The second-order valence-electron chi connectivity index (χ2n) is 7.39. The van der Waals surface area contributed by atoms with Gasteiger partial charge in [-0.05, 0) is 44.2 Å². The second kappa shape index (κ2) is 7.54. The molecule has 2 saturated heterocycles. The highest BCUT2D eigenvalue weighted by Crippen LogP contribution is 2.34. The van der Waals surface area contributed by atoms with Gasteiger partial charge in [0.25, 0.3) is 0 Å². The van der Waals surface area contributed by atoms with Crippen molar-refractivity contribution in [3.63, 3.8) is 0 Å². The summed E-state index contributed by atoms with van der Waals surface area (Å²) in [4.78, 5) is 19.9. The monoisotopic (exact) mass is 348 g/mol. The SMILES string of the molecule is O=C(C1CCC1)N1CCCN(Cc2ccc([C@H]3CCCO3)s2)CC1. The van der Waals surface area contributed by atoms with E-state index in [-0.39, 0.29) is 0 Å². The standard InChI is InChI=1S/C19H28N2O2S/c22-19(15-4-1-5-15)21-10-3-9-20(11-12-21)14-16-7-8-18(24-16)17-6-2-13-23-17/h7-8,15,17H,1-6,9-14H2/t17-/m1/s1. The number of hydrogen-bond acceptors (Lipinski definition) is 4. The molecule has 1 saturated carbocycles. The molecule has 2 aliphatic heterocycles. The summed E-state index contributed by atoms with van der Waals surface area (Å²) in [6, 6.07) is 4.52. The molecule has 3 fully saturated rings. The Morgan fingerprint density at radius 1 is 1.08 bits per heavy atom. The van der Waals surface area contributed by atoms with Crippen LogP contribution in [0.4, 0.5) is 0 Å². The van der Waals surface area contributed by atoms with Gasteiger partial charge < -0.3 is 9.64 Å². The smallest absolute Gasteiger partial charge is 0.225 e. The van der Waals surface area contributed by atoms with Crippen molar-refractivity contribution in [2.45, 2.75) is 51.2 Å². The van der Waals surface area contributed by atoms with E-state index < -0.39 is 0 Å². The average Bonchev–Trinajstić information content (AvgIpc) is 3.14. The van der Waals surface area contributed by atoms with Gasteiger partial charge in [-0.2, -0.15) is 0 Å². The first-order valence-corrected chi connectivity index (χ1v) is 10.3. The largest absolute Gasteiger partial charge is 0.373 e. The van der Waals surface area contributed by atoms with Crippen molar-refractivity contribution in [3.05, 3.63) is 21.9 Å². The minimum absolute atomic E-state index is 0.336. The van der Waals surface area contributed by atoms with Crippen molar-refractivity contribution in [2.24, 2.45) is 5.92 Å². The minimum atomic E-state index is 0.336. The van der Waals surface area contributed by atoms with Crippen LogP contribution in [0.2, 0.25) is 0 Å². The molecular formula is C19H28N2O2S. The van der Waals surface area contributed by atoms with E-state index in [1.807, 2.05) is 11.3 Å². The van der Waals surface area contributed by atoms with E-state index in [1.54, 1.807) is 0 Å². The third kappa shape index (κ3) is 3.68. The fourth-order valence-electron chi connectivity index (χ4n) is 3.94. The van der Waals surface area contributed by atoms with Crippen molar-refractivity contribution < 1.29 is 9.53 Å². The number of carbonyl (C=O) groups is 1. The van der Waals surface area contributed by atoms with Crippen molar-refractivity contribution in [1.82, 2.24) is 9.80 Å². The van der Waals surface area contributed by atoms with E-state index in [1.165, 1.54) is 29.0 Å². The summed E-state index contributed by atoms with van der Waals surface area (Å²) in [7, 11) is 0. The lowest BCUT2D eigenvalue weighted by atomic mass is 9.84. The molecule has 0 radical (unpaired) electrons. The molecule has 1 amide bonds. The Balaban J connectivity index is 1.30. The third-order valence-electron chi connectivity index (χ3n) is 5.66. The zero-order valence-corrected chi connectivity index (χ0v) is 15.2. The van der Waals surface area contributed by atoms with Crippen molar-refractivity contribution in [1.29, 1.82) is 0 Å². The van der Waals surface area contributed by atoms with Crippen LogP contribution in [0.1, 0.15) is 54.4 Å².